The van der Waals surface area contributed by atoms with Crippen molar-refractivity contribution in [1.82, 2.24) is 0 Å². The van der Waals surface area contributed by atoms with Crippen molar-refractivity contribution in [2.24, 2.45) is 0 Å². The fourth-order valence-corrected chi connectivity index (χ4v) is 2.59. The summed E-state index contributed by atoms with van der Waals surface area (Å²) < 4.78 is 15.1. The number of rotatable bonds is 7. The normalized spacial score (nSPS) is 10.0. The molecule has 2 rings (SSSR count). The number of hydrogen-bond donors (Lipinski definition) is 1. The minimum absolute atomic E-state index is 0.221. The second-order valence-corrected chi connectivity index (χ2v) is 5.73. The maximum atomic E-state index is 12.5. The van der Waals surface area contributed by atoms with Crippen LogP contribution in [0.15, 0.2) is 42.5 Å². The maximum absolute atomic E-state index is 12.5. The van der Waals surface area contributed by atoms with Gasteiger partial charge in [-0.05, 0) is 24.3 Å². The zero-order valence-electron chi connectivity index (χ0n) is 16.1. The minimum Gasteiger partial charge on any atom is -0.493 e. The Labute approximate surface area is 163 Å². The van der Waals surface area contributed by atoms with Crippen molar-refractivity contribution in [3.05, 3.63) is 48.0 Å². The summed E-state index contributed by atoms with van der Waals surface area (Å²) >= 11 is 0. The quantitative estimate of drug-likeness (QED) is 0.735. The molecule has 0 saturated heterocycles. The van der Waals surface area contributed by atoms with Gasteiger partial charge >= 0.3 is 5.97 Å². The summed E-state index contributed by atoms with van der Waals surface area (Å²) in [6, 6.07) is 11.4. The van der Waals surface area contributed by atoms with Crippen molar-refractivity contribution < 1.29 is 28.6 Å². The van der Waals surface area contributed by atoms with Crippen LogP contribution in [0.1, 0.15) is 17.3 Å². The standard InChI is InChI=1S/C20H22N2O6/c1-13(23)22(14-9-10-17(26-2)18(11-14)27-3)12-19(24)21-16-8-6-5-7-15(16)20(25)28-4/h5-11H,12H2,1-4H3,(H,21,24). The molecular weight excluding hydrogens is 364 g/mol. The molecule has 2 amide bonds. The number of carbonyl (C=O) groups excluding carboxylic acids is 3. The first-order chi connectivity index (χ1) is 13.4. The van der Waals surface area contributed by atoms with E-state index in [1.54, 1.807) is 42.5 Å². The molecule has 148 valence electrons. The van der Waals surface area contributed by atoms with E-state index in [9.17, 15) is 14.4 Å². The molecule has 1 N–H and O–H groups in total. The third-order valence-corrected chi connectivity index (χ3v) is 3.97. The molecule has 0 aliphatic rings. The van der Waals surface area contributed by atoms with Crippen LogP contribution in [0, 0.1) is 0 Å². The van der Waals surface area contributed by atoms with Gasteiger partial charge in [-0.2, -0.15) is 0 Å². The van der Waals surface area contributed by atoms with Crippen LogP contribution in [0.4, 0.5) is 11.4 Å². The first-order valence-electron chi connectivity index (χ1n) is 8.38. The minimum atomic E-state index is -0.570. The summed E-state index contributed by atoms with van der Waals surface area (Å²) in [6.07, 6.45) is 0. The lowest BCUT2D eigenvalue weighted by atomic mass is 10.1. The van der Waals surface area contributed by atoms with Gasteiger partial charge < -0.3 is 24.4 Å². The number of hydrogen-bond acceptors (Lipinski definition) is 6. The average molecular weight is 386 g/mol. The van der Waals surface area contributed by atoms with E-state index >= 15 is 0 Å². The first-order valence-corrected chi connectivity index (χ1v) is 8.38. The summed E-state index contributed by atoms with van der Waals surface area (Å²) in [6.45, 7) is 1.10. The van der Waals surface area contributed by atoms with Gasteiger partial charge in [0, 0.05) is 18.7 Å². The van der Waals surface area contributed by atoms with Crippen LogP contribution in [-0.4, -0.2) is 45.7 Å². The zero-order chi connectivity index (χ0) is 20.7. The molecule has 8 nitrogen and oxygen atoms in total. The van der Waals surface area contributed by atoms with E-state index in [1.807, 2.05) is 0 Å². The Morgan fingerprint density at radius 3 is 2.25 bits per heavy atom. The van der Waals surface area contributed by atoms with E-state index < -0.39 is 11.9 Å². The molecule has 2 aromatic carbocycles. The molecule has 0 aliphatic heterocycles. The lowest BCUT2D eigenvalue weighted by Crippen LogP contribution is -2.36. The third-order valence-electron chi connectivity index (χ3n) is 3.97. The monoisotopic (exact) mass is 386 g/mol. The van der Waals surface area contributed by atoms with Crippen LogP contribution in [0.2, 0.25) is 0 Å². The zero-order valence-corrected chi connectivity index (χ0v) is 16.1. The maximum Gasteiger partial charge on any atom is 0.339 e. The van der Waals surface area contributed by atoms with E-state index in [4.69, 9.17) is 14.2 Å². The highest BCUT2D eigenvalue weighted by Gasteiger charge is 2.19. The Morgan fingerprint density at radius 1 is 0.964 bits per heavy atom. The lowest BCUT2D eigenvalue weighted by molar-refractivity contribution is -0.120. The molecule has 0 aliphatic carbocycles. The highest BCUT2D eigenvalue weighted by molar-refractivity contribution is 6.05. The number of anilines is 2. The summed E-state index contributed by atoms with van der Waals surface area (Å²) in [4.78, 5) is 37.8. The summed E-state index contributed by atoms with van der Waals surface area (Å²) in [7, 11) is 4.25. The highest BCUT2D eigenvalue weighted by Crippen LogP contribution is 2.31. The average Bonchev–Trinajstić information content (AvgIpc) is 2.71. The van der Waals surface area contributed by atoms with E-state index in [2.05, 4.69) is 5.32 Å². The van der Waals surface area contributed by atoms with Crippen molar-refractivity contribution in [3.63, 3.8) is 0 Å². The Bertz CT molecular complexity index is 881. The van der Waals surface area contributed by atoms with E-state index in [-0.39, 0.29) is 18.0 Å². The second-order valence-electron chi connectivity index (χ2n) is 5.73. The van der Waals surface area contributed by atoms with Gasteiger partial charge in [0.05, 0.1) is 32.6 Å². The SMILES string of the molecule is COC(=O)c1ccccc1NC(=O)CN(C(C)=O)c1ccc(OC)c(OC)c1. The number of esters is 1. The summed E-state index contributed by atoms with van der Waals surface area (Å²) in [5, 5.41) is 2.64. The third kappa shape index (κ3) is 4.79. The number of para-hydroxylation sites is 1. The van der Waals surface area contributed by atoms with Gasteiger partial charge in [0.1, 0.15) is 6.54 Å². The Hall–Kier alpha value is -3.55. The van der Waals surface area contributed by atoms with Crippen molar-refractivity contribution in [3.8, 4) is 11.5 Å². The molecular formula is C20H22N2O6. The van der Waals surface area contributed by atoms with Crippen molar-refractivity contribution in [2.75, 3.05) is 38.1 Å². The number of benzene rings is 2. The molecule has 0 aromatic heterocycles. The number of amides is 2. The lowest BCUT2D eigenvalue weighted by Gasteiger charge is -2.22. The van der Waals surface area contributed by atoms with Crippen molar-refractivity contribution >= 4 is 29.2 Å². The van der Waals surface area contributed by atoms with Crippen LogP contribution in [0.25, 0.3) is 0 Å². The number of ether oxygens (including phenoxy) is 3. The van der Waals surface area contributed by atoms with Crippen molar-refractivity contribution in [2.45, 2.75) is 6.92 Å². The molecule has 2 aromatic rings. The molecule has 0 bridgehead atoms. The topological polar surface area (TPSA) is 94.2 Å². The highest BCUT2D eigenvalue weighted by atomic mass is 16.5. The molecule has 0 heterocycles. The van der Waals surface area contributed by atoms with Crippen LogP contribution in [-0.2, 0) is 14.3 Å². The van der Waals surface area contributed by atoms with Gasteiger partial charge in [-0.3, -0.25) is 9.59 Å². The number of nitrogens with zero attached hydrogens (tertiary/aromatic N) is 1. The number of methoxy groups -OCH3 is 3. The Kier molecular flexibility index (Phi) is 6.97. The van der Waals surface area contributed by atoms with Gasteiger partial charge in [0.25, 0.3) is 0 Å². The van der Waals surface area contributed by atoms with E-state index in [0.717, 1.165) is 0 Å². The molecule has 0 atom stereocenters. The predicted octanol–water partition coefficient (Wildman–Crippen LogP) is 2.48. The van der Waals surface area contributed by atoms with Crippen LogP contribution in [0.3, 0.4) is 0 Å². The predicted molar refractivity (Wildman–Crippen MR) is 104 cm³/mol. The second kappa shape index (κ2) is 9.40. The fourth-order valence-electron chi connectivity index (χ4n) is 2.59. The summed E-state index contributed by atoms with van der Waals surface area (Å²) in [5.74, 6) is -0.432. The molecule has 0 spiro atoms. The first kappa shape index (κ1) is 20.8. The molecule has 0 saturated carbocycles. The van der Waals surface area contributed by atoms with Crippen molar-refractivity contribution in [1.29, 1.82) is 0 Å². The van der Waals surface area contributed by atoms with Crippen LogP contribution >= 0.6 is 0 Å². The van der Waals surface area contributed by atoms with Gasteiger partial charge in [0.15, 0.2) is 11.5 Å². The van der Waals surface area contributed by atoms with Gasteiger partial charge in [-0.15, -0.1) is 0 Å². The van der Waals surface area contributed by atoms with Gasteiger partial charge in [-0.25, -0.2) is 4.79 Å². The van der Waals surface area contributed by atoms with Crippen LogP contribution in [0.5, 0.6) is 11.5 Å². The fraction of sp³-hybridized carbons (Fsp3) is 0.250. The Morgan fingerprint density at radius 2 is 1.64 bits per heavy atom. The molecule has 0 unspecified atom stereocenters. The van der Waals surface area contributed by atoms with Gasteiger partial charge in [0.2, 0.25) is 11.8 Å². The van der Waals surface area contributed by atoms with E-state index in [0.29, 0.717) is 22.9 Å². The number of carbonyl (C=O) groups is 3. The Balaban J connectivity index is 2.23. The molecule has 0 radical (unpaired) electrons. The van der Waals surface area contributed by atoms with Gasteiger partial charge in [-0.1, -0.05) is 12.1 Å². The largest absolute Gasteiger partial charge is 0.493 e. The molecule has 28 heavy (non-hydrogen) atoms. The molecule has 0 fully saturated rings. The molecule has 8 heteroatoms. The smallest absolute Gasteiger partial charge is 0.339 e. The summed E-state index contributed by atoms with van der Waals surface area (Å²) in [5.41, 5.74) is 0.996. The number of nitrogens with one attached hydrogen (secondary N) is 1. The van der Waals surface area contributed by atoms with Crippen LogP contribution < -0.4 is 19.7 Å². The van der Waals surface area contributed by atoms with E-state index in [1.165, 1.54) is 33.2 Å².